The van der Waals surface area contributed by atoms with Crippen LogP contribution >= 0.6 is 0 Å². The minimum atomic E-state index is -0.500. The monoisotopic (exact) mass is 292 g/mol. The second-order valence-corrected chi connectivity index (χ2v) is 4.91. The number of rotatable bonds is 5. The summed E-state index contributed by atoms with van der Waals surface area (Å²) in [5.41, 5.74) is 0.909. The van der Waals surface area contributed by atoms with Gasteiger partial charge in [-0.1, -0.05) is 30.3 Å². The van der Waals surface area contributed by atoms with Crippen LogP contribution in [0.2, 0.25) is 0 Å². The van der Waals surface area contributed by atoms with Crippen molar-refractivity contribution in [1.29, 1.82) is 0 Å². The number of nitrogens with zero attached hydrogens (tertiary/aromatic N) is 1. The van der Waals surface area contributed by atoms with Crippen LogP contribution in [0.3, 0.4) is 0 Å². The fourth-order valence-electron chi connectivity index (χ4n) is 2.36. The van der Waals surface area contributed by atoms with Crippen LogP contribution in [0.5, 0.6) is 0 Å². The third-order valence-corrected chi connectivity index (χ3v) is 3.41. The van der Waals surface area contributed by atoms with Gasteiger partial charge in [-0.25, -0.2) is 4.79 Å². The Morgan fingerprint density at radius 2 is 2.10 bits per heavy atom. The third kappa shape index (κ3) is 4.19. The van der Waals surface area contributed by atoms with Gasteiger partial charge >= 0.3 is 6.09 Å². The molecule has 6 nitrogen and oxygen atoms in total. The number of likely N-dealkylation sites (tertiary alicyclic amines) is 1. The molecule has 2 amide bonds. The number of ether oxygens (including phenoxy) is 1. The van der Waals surface area contributed by atoms with Crippen molar-refractivity contribution in [2.45, 2.75) is 25.5 Å². The molecular formula is C15H20N2O4. The minimum absolute atomic E-state index is 0.114. The number of hydrogen-bond donors (Lipinski definition) is 2. The highest BCUT2D eigenvalue weighted by Crippen LogP contribution is 2.19. The number of benzene rings is 1. The quantitative estimate of drug-likeness (QED) is 0.845. The average Bonchev–Trinajstić information content (AvgIpc) is 3.01. The van der Waals surface area contributed by atoms with E-state index in [1.165, 1.54) is 4.90 Å². The predicted octanol–water partition coefficient (Wildman–Crippen LogP) is 0.896. The highest BCUT2D eigenvalue weighted by Gasteiger charge is 2.34. The Bertz CT molecular complexity index is 478. The summed E-state index contributed by atoms with van der Waals surface area (Å²) in [5.74, 6) is -0.238. The third-order valence-electron chi connectivity index (χ3n) is 3.41. The second kappa shape index (κ2) is 7.64. The molecule has 2 rings (SSSR count). The van der Waals surface area contributed by atoms with Gasteiger partial charge in [-0.2, -0.15) is 0 Å². The average molecular weight is 292 g/mol. The summed E-state index contributed by atoms with van der Waals surface area (Å²) < 4.78 is 5.25. The van der Waals surface area contributed by atoms with E-state index in [0.29, 0.717) is 13.0 Å². The Balaban J connectivity index is 1.87. The molecule has 0 radical (unpaired) electrons. The van der Waals surface area contributed by atoms with Crippen molar-refractivity contribution in [2.24, 2.45) is 0 Å². The van der Waals surface area contributed by atoms with Gasteiger partial charge in [0.15, 0.2) is 0 Å². The molecule has 1 saturated heterocycles. The molecule has 0 saturated carbocycles. The molecular weight excluding hydrogens is 272 g/mol. The van der Waals surface area contributed by atoms with E-state index in [4.69, 9.17) is 9.84 Å². The van der Waals surface area contributed by atoms with E-state index in [-0.39, 0.29) is 25.7 Å². The van der Waals surface area contributed by atoms with Crippen LogP contribution in [-0.2, 0) is 16.1 Å². The summed E-state index contributed by atoms with van der Waals surface area (Å²) in [6.07, 6.45) is 0.926. The van der Waals surface area contributed by atoms with Gasteiger partial charge < -0.3 is 15.2 Å². The molecule has 1 aromatic carbocycles. The summed E-state index contributed by atoms with van der Waals surface area (Å²) in [4.78, 5) is 25.5. The number of nitrogens with one attached hydrogen (secondary N) is 1. The van der Waals surface area contributed by atoms with Gasteiger partial charge in [0.2, 0.25) is 5.91 Å². The normalized spacial score (nSPS) is 17.6. The minimum Gasteiger partial charge on any atom is -0.445 e. The number of amides is 2. The van der Waals surface area contributed by atoms with Crippen LogP contribution in [0.25, 0.3) is 0 Å². The lowest BCUT2D eigenvalue weighted by Gasteiger charge is -2.23. The molecule has 1 aromatic rings. The van der Waals surface area contributed by atoms with Crippen LogP contribution in [-0.4, -0.2) is 47.7 Å². The molecule has 0 unspecified atom stereocenters. The summed E-state index contributed by atoms with van der Waals surface area (Å²) in [6, 6.07) is 8.91. The van der Waals surface area contributed by atoms with Gasteiger partial charge in [0.05, 0.1) is 6.61 Å². The van der Waals surface area contributed by atoms with Crippen molar-refractivity contribution < 1.29 is 19.4 Å². The van der Waals surface area contributed by atoms with Crippen LogP contribution in [0.15, 0.2) is 30.3 Å². The Morgan fingerprint density at radius 3 is 2.81 bits per heavy atom. The first-order valence-electron chi connectivity index (χ1n) is 7.08. The molecule has 1 fully saturated rings. The number of carbonyl (C=O) groups is 2. The summed E-state index contributed by atoms with van der Waals surface area (Å²) in [7, 11) is 0. The Morgan fingerprint density at radius 1 is 1.33 bits per heavy atom. The maximum atomic E-state index is 12.1. The number of aliphatic hydroxyl groups excluding tert-OH is 1. The predicted molar refractivity (Wildman–Crippen MR) is 76.5 cm³/mol. The number of aliphatic hydroxyl groups is 1. The van der Waals surface area contributed by atoms with E-state index in [9.17, 15) is 9.59 Å². The van der Waals surface area contributed by atoms with Crippen LogP contribution in [0, 0.1) is 0 Å². The van der Waals surface area contributed by atoms with Crippen molar-refractivity contribution in [3.05, 3.63) is 35.9 Å². The zero-order valence-electron chi connectivity index (χ0n) is 11.8. The van der Waals surface area contributed by atoms with Gasteiger partial charge in [-0.05, 0) is 18.4 Å². The molecule has 1 atom stereocenters. The maximum absolute atomic E-state index is 12.1. The lowest BCUT2D eigenvalue weighted by atomic mass is 10.2. The van der Waals surface area contributed by atoms with E-state index in [0.717, 1.165) is 12.0 Å². The fourth-order valence-corrected chi connectivity index (χ4v) is 2.36. The molecule has 21 heavy (non-hydrogen) atoms. The largest absolute Gasteiger partial charge is 0.445 e. The molecule has 1 aliphatic rings. The molecule has 6 heteroatoms. The standard InChI is InChI=1S/C15H20N2O4/c18-10-8-16-14(19)13-7-4-9-17(13)15(20)21-11-12-5-2-1-3-6-12/h1-3,5-6,13,18H,4,7-11H2,(H,16,19)/t13-/m0/s1. The Labute approximate surface area is 123 Å². The fraction of sp³-hybridized carbons (Fsp3) is 0.467. The van der Waals surface area contributed by atoms with Crippen molar-refractivity contribution in [3.8, 4) is 0 Å². The van der Waals surface area contributed by atoms with Gasteiger partial charge in [0, 0.05) is 13.1 Å². The molecule has 0 aliphatic carbocycles. The lowest BCUT2D eigenvalue weighted by molar-refractivity contribution is -0.125. The SMILES string of the molecule is O=C(NCCO)[C@@H]1CCCN1C(=O)OCc1ccccc1. The highest BCUT2D eigenvalue weighted by molar-refractivity contribution is 5.86. The molecule has 1 heterocycles. The van der Waals surface area contributed by atoms with E-state index in [1.807, 2.05) is 30.3 Å². The first kappa shape index (κ1) is 15.3. The zero-order chi connectivity index (χ0) is 15.1. The topological polar surface area (TPSA) is 78.9 Å². The first-order chi connectivity index (χ1) is 10.2. The lowest BCUT2D eigenvalue weighted by Crippen LogP contribution is -2.46. The number of carbonyl (C=O) groups excluding carboxylic acids is 2. The van der Waals surface area contributed by atoms with E-state index < -0.39 is 12.1 Å². The second-order valence-electron chi connectivity index (χ2n) is 4.91. The zero-order valence-corrected chi connectivity index (χ0v) is 11.8. The van der Waals surface area contributed by atoms with Gasteiger partial charge in [-0.3, -0.25) is 9.69 Å². The van der Waals surface area contributed by atoms with Gasteiger partial charge in [-0.15, -0.1) is 0 Å². The van der Waals surface area contributed by atoms with Gasteiger partial charge in [0.25, 0.3) is 0 Å². The Hall–Kier alpha value is -2.08. The van der Waals surface area contributed by atoms with Gasteiger partial charge in [0.1, 0.15) is 12.6 Å². The van der Waals surface area contributed by atoms with E-state index >= 15 is 0 Å². The molecule has 114 valence electrons. The smallest absolute Gasteiger partial charge is 0.410 e. The number of hydrogen-bond acceptors (Lipinski definition) is 4. The summed E-state index contributed by atoms with van der Waals surface area (Å²) in [5, 5.41) is 11.3. The highest BCUT2D eigenvalue weighted by atomic mass is 16.6. The van der Waals surface area contributed by atoms with Crippen molar-refractivity contribution in [2.75, 3.05) is 19.7 Å². The molecule has 1 aliphatic heterocycles. The molecule has 2 N–H and O–H groups in total. The first-order valence-corrected chi connectivity index (χ1v) is 7.08. The Kier molecular flexibility index (Phi) is 5.57. The van der Waals surface area contributed by atoms with E-state index in [2.05, 4.69) is 5.32 Å². The van der Waals surface area contributed by atoms with Crippen molar-refractivity contribution in [3.63, 3.8) is 0 Å². The molecule has 0 spiro atoms. The maximum Gasteiger partial charge on any atom is 0.410 e. The van der Waals surface area contributed by atoms with Crippen molar-refractivity contribution in [1.82, 2.24) is 10.2 Å². The van der Waals surface area contributed by atoms with E-state index in [1.54, 1.807) is 0 Å². The van der Waals surface area contributed by atoms with Crippen molar-refractivity contribution >= 4 is 12.0 Å². The summed E-state index contributed by atoms with van der Waals surface area (Å²) >= 11 is 0. The summed E-state index contributed by atoms with van der Waals surface area (Å²) in [6.45, 7) is 0.797. The van der Waals surface area contributed by atoms with Crippen LogP contribution < -0.4 is 5.32 Å². The molecule has 0 bridgehead atoms. The van der Waals surface area contributed by atoms with Crippen LogP contribution in [0.1, 0.15) is 18.4 Å². The molecule has 0 aromatic heterocycles. The van der Waals surface area contributed by atoms with Crippen LogP contribution in [0.4, 0.5) is 4.79 Å².